The number of hydrogen-bond donors (Lipinski definition) is 2. The van der Waals surface area contributed by atoms with Crippen molar-refractivity contribution in [2.75, 3.05) is 44.4 Å². The van der Waals surface area contributed by atoms with Crippen LogP contribution in [0, 0.1) is 0 Å². The molecule has 0 saturated carbocycles. The SMILES string of the molecule is COCCN(C(=O)c1ccc2c(n1)NC(=O)CS2)C1CCNCC1. The summed E-state index contributed by atoms with van der Waals surface area (Å²) in [6.45, 7) is 2.85. The lowest BCUT2D eigenvalue weighted by molar-refractivity contribution is -0.113. The second-order valence-corrected chi connectivity index (χ2v) is 6.87. The van der Waals surface area contributed by atoms with Crippen LogP contribution in [0.25, 0.3) is 0 Å². The van der Waals surface area contributed by atoms with Gasteiger partial charge in [0.05, 0.1) is 17.3 Å². The minimum atomic E-state index is -0.105. The molecule has 2 aliphatic heterocycles. The molecule has 0 aliphatic carbocycles. The number of carbonyl (C=O) groups excluding carboxylic acids is 2. The molecular weight excluding hydrogens is 328 g/mol. The molecule has 3 heterocycles. The Kier molecular flexibility index (Phi) is 5.70. The largest absolute Gasteiger partial charge is 0.383 e. The van der Waals surface area contributed by atoms with E-state index in [1.54, 1.807) is 13.2 Å². The van der Waals surface area contributed by atoms with E-state index in [2.05, 4.69) is 15.6 Å². The maximum Gasteiger partial charge on any atom is 0.272 e. The van der Waals surface area contributed by atoms with Crippen LogP contribution in [0.4, 0.5) is 5.82 Å². The van der Waals surface area contributed by atoms with Gasteiger partial charge in [-0.25, -0.2) is 4.98 Å². The lowest BCUT2D eigenvalue weighted by Crippen LogP contribution is -2.47. The van der Waals surface area contributed by atoms with E-state index in [1.165, 1.54) is 11.8 Å². The molecule has 0 spiro atoms. The topological polar surface area (TPSA) is 83.6 Å². The predicted octanol–water partition coefficient (Wildman–Crippen LogP) is 0.966. The number of carbonyl (C=O) groups is 2. The maximum absolute atomic E-state index is 13.0. The van der Waals surface area contributed by atoms with Gasteiger partial charge in [-0.2, -0.15) is 0 Å². The summed E-state index contributed by atoms with van der Waals surface area (Å²) in [7, 11) is 1.63. The number of pyridine rings is 1. The molecule has 24 heavy (non-hydrogen) atoms. The van der Waals surface area contributed by atoms with Crippen molar-refractivity contribution < 1.29 is 14.3 Å². The van der Waals surface area contributed by atoms with Crippen LogP contribution in [0.5, 0.6) is 0 Å². The molecule has 0 aromatic carbocycles. The van der Waals surface area contributed by atoms with E-state index in [0.29, 0.717) is 30.4 Å². The van der Waals surface area contributed by atoms with Gasteiger partial charge in [0.25, 0.3) is 5.91 Å². The van der Waals surface area contributed by atoms with Gasteiger partial charge in [-0.05, 0) is 38.1 Å². The summed E-state index contributed by atoms with van der Waals surface area (Å²) in [5.41, 5.74) is 0.367. The first-order valence-electron chi connectivity index (χ1n) is 8.13. The molecule has 1 saturated heterocycles. The van der Waals surface area contributed by atoms with Crippen molar-refractivity contribution in [1.82, 2.24) is 15.2 Å². The number of ether oxygens (including phenoxy) is 1. The van der Waals surface area contributed by atoms with Crippen LogP contribution in [0.1, 0.15) is 23.3 Å². The smallest absolute Gasteiger partial charge is 0.272 e. The fourth-order valence-corrected chi connectivity index (χ4v) is 3.74. The number of aromatic nitrogens is 1. The van der Waals surface area contributed by atoms with E-state index in [1.807, 2.05) is 11.0 Å². The minimum Gasteiger partial charge on any atom is -0.383 e. The molecule has 0 bridgehead atoms. The van der Waals surface area contributed by atoms with E-state index in [4.69, 9.17) is 4.74 Å². The van der Waals surface area contributed by atoms with Crippen molar-refractivity contribution in [2.45, 2.75) is 23.8 Å². The third-order valence-corrected chi connectivity index (χ3v) is 5.29. The Morgan fingerprint density at radius 2 is 2.21 bits per heavy atom. The van der Waals surface area contributed by atoms with Crippen LogP contribution in [-0.4, -0.2) is 66.8 Å². The van der Waals surface area contributed by atoms with Crippen LogP contribution in [0.2, 0.25) is 0 Å². The van der Waals surface area contributed by atoms with E-state index < -0.39 is 0 Å². The molecule has 2 aliphatic rings. The van der Waals surface area contributed by atoms with E-state index in [0.717, 1.165) is 30.8 Å². The Morgan fingerprint density at radius 3 is 2.96 bits per heavy atom. The zero-order valence-corrected chi connectivity index (χ0v) is 14.5. The Labute approximate surface area is 145 Å². The Balaban J connectivity index is 1.80. The number of amides is 2. The van der Waals surface area contributed by atoms with Crippen molar-refractivity contribution in [3.8, 4) is 0 Å². The highest BCUT2D eigenvalue weighted by molar-refractivity contribution is 8.00. The first-order chi connectivity index (χ1) is 11.7. The van der Waals surface area contributed by atoms with Gasteiger partial charge in [-0.15, -0.1) is 11.8 Å². The highest BCUT2D eigenvalue weighted by Crippen LogP contribution is 2.30. The monoisotopic (exact) mass is 350 g/mol. The first kappa shape index (κ1) is 17.2. The maximum atomic E-state index is 13.0. The summed E-state index contributed by atoms with van der Waals surface area (Å²) in [6, 6.07) is 3.79. The van der Waals surface area contributed by atoms with Gasteiger partial charge in [0.2, 0.25) is 5.91 Å². The fourth-order valence-electron chi connectivity index (χ4n) is 2.99. The van der Waals surface area contributed by atoms with Crippen molar-refractivity contribution in [1.29, 1.82) is 0 Å². The van der Waals surface area contributed by atoms with Crippen LogP contribution >= 0.6 is 11.8 Å². The summed E-state index contributed by atoms with van der Waals surface area (Å²) < 4.78 is 5.16. The zero-order valence-electron chi connectivity index (χ0n) is 13.7. The number of methoxy groups -OCH3 is 1. The average molecular weight is 350 g/mol. The zero-order chi connectivity index (χ0) is 16.9. The van der Waals surface area contributed by atoms with Gasteiger partial charge >= 0.3 is 0 Å². The number of rotatable bonds is 5. The second-order valence-electron chi connectivity index (χ2n) is 5.85. The molecular formula is C16H22N4O3S. The second kappa shape index (κ2) is 7.96. The Hall–Kier alpha value is -1.64. The van der Waals surface area contributed by atoms with Crippen LogP contribution in [0.15, 0.2) is 17.0 Å². The number of hydrogen-bond acceptors (Lipinski definition) is 6. The Morgan fingerprint density at radius 1 is 1.42 bits per heavy atom. The molecule has 0 unspecified atom stereocenters. The number of nitrogens with one attached hydrogen (secondary N) is 2. The van der Waals surface area contributed by atoms with Crippen molar-refractivity contribution >= 4 is 29.4 Å². The predicted molar refractivity (Wildman–Crippen MR) is 92.4 cm³/mol. The van der Waals surface area contributed by atoms with Crippen LogP contribution in [-0.2, 0) is 9.53 Å². The first-order valence-corrected chi connectivity index (χ1v) is 9.12. The molecule has 8 heteroatoms. The molecule has 2 amide bonds. The number of fused-ring (bicyclic) bond motifs is 1. The molecule has 130 valence electrons. The van der Waals surface area contributed by atoms with Gasteiger partial charge in [0.15, 0.2) is 0 Å². The van der Waals surface area contributed by atoms with Gasteiger partial charge in [0, 0.05) is 19.7 Å². The number of nitrogens with zero attached hydrogens (tertiary/aromatic N) is 2. The average Bonchev–Trinajstić information content (AvgIpc) is 2.62. The fraction of sp³-hybridized carbons (Fsp3) is 0.562. The summed E-state index contributed by atoms with van der Waals surface area (Å²) in [4.78, 5) is 31.7. The summed E-state index contributed by atoms with van der Waals surface area (Å²) in [5, 5.41) is 6.06. The Bertz CT molecular complexity index is 619. The van der Waals surface area contributed by atoms with Gasteiger partial charge < -0.3 is 20.3 Å². The highest BCUT2D eigenvalue weighted by atomic mass is 32.2. The summed E-state index contributed by atoms with van der Waals surface area (Å²) >= 11 is 1.44. The molecule has 1 fully saturated rings. The van der Waals surface area contributed by atoms with E-state index in [9.17, 15) is 9.59 Å². The van der Waals surface area contributed by atoms with E-state index in [-0.39, 0.29) is 17.9 Å². The number of thioether (sulfide) groups is 1. The summed E-state index contributed by atoms with van der Waals surface area (Å²) in [5.74, 6) is 0.682. The lowest BCUT2D eigenvalue weighted by Gasteiger charge is -2.34. The normalized spacial score (nSPS) is 18.0. The van der Waals surface area contributed by atoms with Gasteiger partial charge in [-0.1, -0.05) is 0 Å². The lowest BCUT2D eigenvalue weighted by atomic mass is 10.0. The summed E-state index contributed by atoms with van der Waals surface area (Å²) in [6.07, 6.45) is 1.85. The van der Waals surface area contributed by atoms with Gasteiger partial charge in [0.1, 0.15) is 11.5 Å². The molecule has 0 atom stereocenters. The minimum absolute atomic E-state index is 0.0841. The van der Waals surface area contributed by atoms with E-state index >= 15 is 0 Å². The quantitative estimate of drug-likeness (QED) is 0.823. The highest BCUT2D eigenvalue weighted by Gasteiger charge is 2.28. The van der Waals surface area contributed by atoms with Crippen LogP contribution < -0.4 is 10.6 Å². The molecule has 0 radical (unpaired) electrons. The van der Waals surface area contributed by atoms with Gasteiger partial charge in [-0.3, -0.25) is 9.59 Å². The molecule has 7 nitrogen and oxygen atoms in total. The van der Waals surface area contributed by atoms with Crippen molar-refractivity contribution in [2.24, 2.45) is 0 Å². The third kappa shape index (κ3) is 3.88. The third-order valence-electron chi connectivity index (χ3n) is 4.24. The molecule has 1 aromatic heterocycles. The molecule has 2 N–H and O–H groups in total. The van der Waals surface area contributed by atoms with Crippen molar-refractivity contribution in [3.63, 3.8) is 0 Å². The number of anilines is 1. The number of piperidine rings is 1. The van der Waals surface area contributed by atoms with Crippen LogP contribution in [0.3, 0.4) is 0 Å². The molecule has 1 aromatic rings. The van der Waals surface area contributed by atoms with Crippen molar-refractivity contribution in [3.05, 3.63) is 17.8 Å². The molecule has 3 rings (SSSR count). The standard InChI is InChI=1S/C16H22N4O3S/c1-23-9-8-20(11-4-6-17-7-5-11)16(22)12-2-3-13-15(18-12)19-14(21)10-24-13/h2-3,11,17H,4-10H2,1H3,(H,18,19,21).